The first-order chi connectivity index (χ1) is 9.64. The molecule has 4 rings (SSSR count). The molecule has 2 saturated carbocycles. The van der Waals surface area contributed by atoms with Gasteiger partial charge in [0.25, 0.3) is 0 Å². The molecule has 0 aromatic carbocycles. The van der Waals surface area contributed by atoms with E-state index in [1.165, 1.54) is 12.8 Å². The molecule has 2 spiro atoms. The van der Waals surface area contributed by atoms with E-state index in [0.29, 0.717) is 11.3 Å². The van der Waals surface area contributed by atoms with Crippen molar-refractivity contribution in [3.8, 4) is 0 Å². The minimum Gasteiger partial charge on any atom is -0.356 e. The molecule has 4 nitrogen and oxygen atoms in total. The number of carbonyl (C=O) groups excluding carboxylic acids is 2. The zero-order valence-electron chi connectivity index (χ0n) is 13.5. The Hall–Kier alpha value is -1.06. The van der Waals surface area contributed by atoms with Crippen LogP contribution in [0.3, 0.4) is 0 Å². The van der Waals surface area contributed by atoms with Gasteiger partial charge in [-0.15, -0.1) is 0 Å². The van der Waals surface area contributed by atoms with E-state index in [1.807, 2.05) is 27.7 Å². The quantitative estimate of drug-likeness (QED) is 0.717. The highest BCUT2D eigenvalue weighted by atomic mass is 16.2. The van der Waals surface area contributed by atoms with Gasteiger partial charge in [-0.3, -0.25) is 9.59 Å². The average molecular weight is 282 g/mol. The summed E-state index contributed by atoms with van der Waals surface area (Å²) in [6.07, 6.45) is 6.70. The van der Waals surface area contributed by atoms with Crippen molar-refractivity contribution >= 4 is 11.8 Å². The Morgan fingerprint density at radius 1 is 0.850 bits per heavy atom. The first-order valence-corrected chi connectivity index (χ1v) is 8.19. The number of nitrogens with one attached hydrogen (secondary N) is 2. The normalized spacial score (nSPS) is 25.2. The Kier molecular flexibility index (Phi) is 6.03. The van der Waals surface area contributed by atoms with Gasteiger partial charge in [0.1, 0.15) is 0 Å². The second-order valence-corrected chi connectivity index (χ2v) is 5.74. The molecule has 2 heterocycles. The number of hydrogen-bond donors (Lipinski definition) is 2. The number of hydrogen-bond acceptors (Lipinski definition) is 2. The van der Waals surface area contributed by atoms with Gasteiger partial charge in [0.15, 0.2) is 0 Å². The summed E-state index contributed by atoms with van der Waals surface area (Å²) in [5.41, 5.74) is 0.608. The maximum Gasteiger partial charge on any atom is 0.226 e. The first-order valence-electron chi connectivity index (χ1n) is 8.19. The van der Waals surface area contributed by atoms with Crippen LogP contribution >= 0.6 is 0 Å². The van der Waals surface area contributed by atoms with Crippen molar-refractivity contribution in [1.82, 2.24) is 10.6 Å². The fraction of sp³-hybridized carbons (Fsp3) is 0.875. The molecule has 0 bridgehead atoms. The predicted octanol–water partition coefficient (Wildman–Crippen LogP) is 2.63. The van der Waals surface area contributed by atoms with Crippen LogP contribution in [0.5, 0.6) is 0 Å². The summed E-state index contributed by atoms with van der Waals surface area (Å²) in [5, 5.41) is 5.67. The molecule has 0 aromatic rings. The van der Waals surface area contributed by atoms with Crippen LogP contribution in [0.4, 0.5) is 0 Å². The predicted molar refractivity (Wildman–Crippen MR) is 81.3 cm³/mol. The molecule has 0 aromatic heterocycles. The lowest BCUT2D eigenvalue weighted by Crippen LogP contribution is -2.19. The van der Waals surface area contributed by atoms with Crippen molar-refractivity contribution in [1.29, 1.82) is 0 Å². The van der Waals surface area contributed by atoms with E-state index in [4.69, 9.17) is 0 Å². The summed E-state index contributed by atoms with van der Waals surface area (Å²) >= 11 is 0. The van der Waals surface area contributed by atoms with Gasteiger partial charge >= 0.3 is 0 Å². The van der Waals surface area contributed by atoms with Crippen LogP contribution in [-0.2, 0) is 9.59 Å². The van der Waals surface area contributed by atoms with E-state index in [1.54, 1.807) is 0 Å². The molecule has 2 N–H and O–H groups in total. The van der Waals surface area contributed by atoms with Gasteiger partial charge in [-0.2, -0.15) is 0 Å². The minimum absolute atomic E-state index is 0.153. The molecule has 2 aliphatic heterocycles. The monoisotopic (exact) mass is 282 g/mol. The van der Waals surface area contributed by atoms with Crippen molar-refractivity contribution in [2.24, 2.45) is 10.8 Å². The molecule has 0 unspecified atom stereocenters. The zero-order chi connectivity index (χ0) is 15.2. The van der Waals surface area contributed by atoms with Crippen LogP contribution in [-0.4, -0.2) is 24.9 Å². The van der Waals surface area contributed by atoms with E-state index in [-0.39, 0.29) is 11.3 Å². The van der Waals surface area contributed by atoms with Gasteiger partial charge < -0.3 is 10.6 Å². The topological polar surface area (TPSA) is 58.2 Å². The molecule has 2 saturated heterocycles. The van der Waals surface area contributed by atoms with Crippen molar-refractivity contribution in [3.63, 3.8) is 0 Å². The lowest BCUT2D eigenvalue weighted by molar-refractivity contribution is -0.123. The van der Waals surface area contributed by atoms with Crippen LogP contribution in [0.15, 0.2) is 0 Å². The third-order valence-corrected chi connectivity index (χ3v) is 4.38. The number of rotatable bonds is 0. The summed E-state index contributed by atoms with van der Waals surface area (Å²) in [6.45, 7) is 9.87. The van der Waals surface area contributed by atoms with Gasteiger partial charge in [0, 0.05) is 19.5 Å². The highest BCUT2D eigenvalue weighted by Crippen LogP contribution is 2.51. The van der Waals surface area contributed by atoms with Crippen LogP contribution in [0, 0.1) is 10.8 Å². The van der Waals surface area contributed by atoms with Crippen molar-refractivity contribution < 1.29 is 9.59 Å². The lowest BCUT2D eigenvalue weighted by Gasteiger charge is -1.95. The molecule has 4 heteroatoms. The van der Waals surface area contributed by atoms with Crippen molar-refractivity contribution in [2.75, 3.05) is 13.1 Å². The molecule has 20 heavy (non-hydrogen) atoms. The fourth-order valence-electron chi connectivity index (χ4n) is 2.63. The molecule has 2 amide bonds. The number of carbonyl (C=O) groups is 2. The Morgan fingerprint density at radius 3 is 1.65 bits per heavy atom. The van der Waals surface area contributed by atoms with E-state index in [9.17, 15) is 9.59 Å². The van der Waals surface area contributed by atoms with Gasteiger partial charge in [-0.05, 0) is 37.5 Å². The lowest BCUT2D eigenvalue weighted by atomic mass is 10.1. The van der Waals surface area contributed by atoms with Gasteiger partial charge in [0.05, 0.1) is 5.41 Å². The SMILES string of the molecule is CC.CC.O=C1CC2(CC2)CN1.O=C1NCCC12CC2. The fourth-order valence-corrected chi connectivity index (χ4v) is 2.63. The molecule has 0 radical (unpaired) electrons. The second-order valence-electron chi connectivity index (χ2n) is 5.74. The van der Waals surface area contributed by atoms with E-state index < -0.39 is 0 Å². The van der Waals surface area contributed by atoms with Crippen LogP contribution in [0.2, 0.25) is 0 Å². The van der Waals surface area contributed by atoms with Gasteiger partial charge in [-0.25, -0.2) is 0 Å². The molecule has 4 fully saturated rings. The van der Waals surface area contributed by atoms with Crippen LogP contribution in [0.1, 0.15) is 66.2 Å². The molecule has 2 aliphatic carbocycles. The molecule has 4 aliphatic rings. The third kappa shape index (κ3) is 3.97. The van der Waals surface area contributed by atoms with Crippen molar-refractivity contribution in [2.45, 2.75) is 66.2 Å². The van der Waals surface area contributed by atoms with Crippen LogP contribution < -0.4 is 10.6 Å². The maximum atomic E-state index is 10.8. The minimum atomic E-state index is 0.153. The summed E-state index contributed by atoms with van der Waals surface area (Å²) in [4.78, 5) is 21.4. The zero-order valence-corrected chi connectivity index (χ0v) is 13.5. The molecular weight excluding hydrogens is 252 g/mol. The summed E-state index contributed by atoms with van der Waals surface area (Å²) < 4.78 is 0. The Labute approximate surface area is 123 Å². The number of amides is 2. The Balaban J connectivity index is 0.000000161. The smallest absolute Gasteiger partial charge is 0.226 e. The Morgan fingerprint density at radius 2 is 1.45 bits per heavy atom. The van der Waals surface area contributed by atoms with Crippen LogP contribution in [0.25, 0.3) is 0 Å². The van der Waals surface area contributed by atoms with E-state index in [2.05, 4.69) is 10.6 Å². The maximum absolute atomic E-state index is 10.8. The Bertz CT molecular complexity index is 344. The summed E-state index contributed by atoms with van der Waals surface area (Å²) in [7, 11) is 0. The summed E-state index contributed by atoms with van der Waals surface area (Å²) in [5.74, 6) is 0.556. The molecular formula is C16H30N2O2. The molecule has 0 atom stereocenters. The van der Waals surface area contributed by atoms with E-state index >= 15 is 0 Å². The van der Waals surface area contributed by atoms with Crippen molar-refractivity contribution in [3.05, 3.63) is 0 Å². The average Bonchev–Trinajstić information content (AvgIpc) is 3.35. The highest BCUT2D eigenvalue weighted by Gasteiger charge is 2.52. The van der Waals surface area contributed by atoms with Gasteiger partial charge in [-0.1, -0.05) is 27.7 Å². The molecule has 116 valence electrons. The summed E-state index contributed by atoms with van der Waals surface area (Å²) in [6, 6.07) is 0. The second kappa shape index (κ2) is 7.09. The third-order valence-electron chi connectivity index (χ3n) is 4.38. The first kappa shape index (κ1) is 17.0. The van der Waals surface area contributed by atoms with E-state index in [0.717, 1.165) is 38.8 Å². The largest absolute Gasteiger partial charge is 0.356 e. The van der Waals surface area contributed by atoms with Gasteiger partial charge in [0.2, 0.25) is 11.8 Å². The highest BCUT2D eigenvalue weighted by molar-refractivity contribution is 5.87. The standard InChI is InChI=1S/2C6H9NO.2C2H6/c8-5-3-6(1-2-6)4-7-5;8-5-6(1-2-6)3-4-7-5;2*1-2/h2*1-4H2,(H,7,8);2*1-2H3.